The van der Waals surface area contributed by atoms with Gasteiger partial charge >= 0.3 is 0 Å². The van der Waals surface area contributed by atoms with Gasteiger partial charge in [-0.15, -0.1) is 12.4 Å². The van der Waals surface area contributed by atoms with E-state index in [0.29, 0.717) is 21.8 Å². The number of carbonyl (C=O) groups excluding carboxylic acids is 1. The molecule has 3 heterocycles. The van der Waals surface area contributed by atoms with Gasteiger partial charge in [0.1, 0.15) is 11.6 Å². The van der Waals surface area contributed by atoms with Gasteiger partial charge in [0.25, 0.3) is 15.9 Å². The van der Waals surface area contributed by atoms with Crippen molar-refractivity contribution in [2.24, 2.45) is 5.92 Å². The molecule has 12 heteroatoms. The molecule has 1 aliphatic rings. The van der Waals surface area contributed by atoms with Crippen LogP contribution in [0, 0.1) is 11.7 Å². The van der Waals surface area contributed by atoms with E-state index >= 15 is 0 Å². The summed E-state index contributed by atoms with van der Waals surface area (Å²) in [7, 11) is -4.42. The number of nitrogens with one attached hydrogen (secondary N) is 3. The normalized spacial score (nSPS) is 17.2. The lowest BCUT2D eigenvalue weighted by Crippen LogP contribution is -2.32. The summed E-state index contributed by atoms with van der Waals surface area (Å²) in [4.78, 5) is 22.0. The second-order valence-electron chi connectivity index (χ2n) is 14.7. The Morgan fingerprint density at radius 3 is 2.41 bits per heavy atom. The first-order valence-electron chi connectivity index (χ1n) is 15.3. The molecular weight excluding hydrogens is 693 g/mol. The molecule has 1 fully saturated rings. The molecule has 0 aliphatic carbocycles. The van der Waals surface area contributed by atoms with E-state index in [1.165, 1.54) is 18.2 Å². The fourth-order valence-electron chi connectivity index (χ4n) is 5.64. The molecule has 2 atom stereocenters. The largest absolute Gasteiger partial charge is 0.362 e. The third-order valence-electron chi connectivity index (χ3n) is 8.19. The van der Waals surface area contributed by atoms with Crippen LogP contribution in [0.15, 0.2) is 58.2 Å². The van der Waals surface area contributed by atoms with Crippen molar-refractivity contribution in [2.45, 2.75) is 102 Å². The minimum Gasteiger partial charge on any atom is -0.362 e. The smallest absolute Gasteiger partial charge is 0.281 e. The fourth-order valence-corrected chi connectivity index (χ4v) is 7.51. The van der Waals surface area contributed by atoms with Crippen LogP contribution in [0.1, 0.15) is 108 Å². The van der Waals surface area contributed by atoms with Crippen molar-refractivity contribution in [3.05, 3.63) is 81.3 Å². The van der Waals surface area contributed by atoms with E-state index in [9.17, 15) is 17.6 Å². The number of rotatable bonds is 9. The molecule has 3 N–H and O–H groups in total. The van der Waals surface area contributed by atoms with Crippen LogP contribution in [0.5, 0.6) is 0 Å². The summed E-state index contributed by atoms with van der Waals surface area (Å²) in [6.45, 7) is 17.5. The molecule has 1 unspecified atom stereocenters. The first kappa shape index (κ1) is 37.9. The first-order chi connectivity index (χ1) is 20.7. The molecule has 1 saturated heterocycles. The summed E-state index contributed by atoms with van der Waals surface area (Å²) in [6, 6.07) is 11.0. The van der Waals surface area contributed by atoms with Gasteiger partial charge in [0, 0.05) is 16.2 Å². The van der Waals surface area contributed by atoms with Crippen LogP contribution >= 0.6 is 28.3 Å². The number of aromatic nitrogens is 2. The number of pyridine rings is 2. The second kappa shape index (κ2) is 14.3. The molecule has 2 aromatic heterocycles. The number of hydrogen-bond donors (Lipinski definition) is 3. The Morgan fingerprint density at radius 1 is 1.11 bits per heavy atom. The zero-order chi connectivity index (χ0) is 33.4. The third kappa shape index (κ3) is 9.49. The van der Waals surface area contributed by atoms with Crippen molar-refractivity contribution < 1.29 is 17.6 Å². The highest BCUT2D eigenvalue weighted by Crippen LogP contribution is 2.33. The second-order valence-corrected chi connectivity index (χ2v) is 17.2. The Morgan fingerprint density at radius 2 is 1.80 bits per heavy atom. The van der Waals surface area contributed by atoms with Gasteiger partial charge in [-0.05, 0) is 104 Å². The van der Waals surface area contributed by atoms with E-state index in [4.69, 9.17) is 0 Å². The van der Waals surface area contributed by atoms with Crippen LogP contribution in [0.3, 0.4) is 0 Å². The number of sulfonamides is 1. The summed E-state index contributed by atoms with van der Waals surface area (Å²) in [5, 5.41) is 6.64. The Balaban J connectivity index is 0.00000576. The average Bonchev–Trinajstić information content (AvgIpc) is 3.29. The van der Waals surface area contributed by atoms with Crippen LogP contribution in [0.2, 0.25) is 0 Å². The predicted molar refractivity (Wildman–Crippen MR) is 188 cm³/mol. The molecule has 252 valence electrons. The Kier molecular flexibility index (Phi) is 11.7. The SMILES string of the molecule is CC1(C)C[C@H](CCC(Nc2cccc(S(=O)(=O)NC(=O)c3cc(Br)c(C(C)(C)C)cc3F)n2)c2cc(C(C)(C)C)ccn2)CN1.Cl. The maximum atomic E-state index is 15.0. The van der Waals surface area contributed by atoms with Crippen LogP contribution in [0.25, 0.3) is 0 Å². The molecular formula is C34H46BrClFN5O3S. The van der Waals surface area contributed by atoms with E-state index in [2.05, 4.69) is 77.2 Å². The Hall–Kier alpha value is -2.60. The quantitative estimate of drug-likeness (QED) is 0.205. The molecule has 0 saturated carbocycles. The Bertz CT molecular complexity index is 1670. The molecule has 1 aromatic carbocycles. The molecule has 0 bridgehead atoms. The summed E-state index contributed by atoms with van der Waals surface area (Å²) in [5.74, 6) is -1.06. The number of benzene rings is 1. The number of halogens is 3. The van der Waals surface area contributed by atoms with E-state index in [1.54, 1.807) is 18.3 Å². The van der Waals surface area contributed by atoms with Crippen LogP contribution in [-0.4, -0.2) is 36.4 Å². The first-order valence-corrected chi connectivity index (χ1v) is 17.5. The lowest BCUT2D eigenvalue weighted by atomic mass is 9.86. The monoisotopic (exact) mass is 737 g/mol. The van der Waals surface area contributed by atoms with Crippen LogP contribution < -0.4 is 15.4 Å². The zero-order valence-corrected chi connectivity index (χ0v) is 31.0. The number of nitrogens with zero attached hydrogens (tertiary/aromatic N) is 2. The summed E-state index contributed by atoms with van der Waals surface area (Å²) >= 11 is 3.39. The van der Waals surface area contributed by atoms with Crippen LogP contribution in [-0.2, 0) is 20.9 Å². The van der Waals surface area contributed by atoms with Crippen molar-refractivity contribution in [1.82, 2.24) is 20.0 Å². The molecule has 1 amide bonds. The maximum Gasteiger partial charge on any atom is 0.281 e. The zero-order valence-electron chi connectivity index (χ0n) is 27.8. The molecule has 4 rings (SSSR count). The highest BCUT2D eigenvalue weighted by molar-refractivity contribution is 9.10. The number of amides is 1. The molecule has 1 aliphatic heterocycles. The van der Waals surface area contributed by atoms with E-state index in [-0.39, 0.29) is 45.4 Å². The topological polar surface area (TPSA) is 113 Å². The van der Waals surface area contributed by atoms with Gasteiger partial charge in [-0.3, -0.25) is 9.78 Å². The van der Waals surface area contributed by atoms with Crippen LogP contribution in [0.4, 0.5) is 10.2 Å². The number of hydrogen-bond acceptors (Lipinski definition) is 7. The molecule has 8 nitrogen and oxygen atoms in total. The minimum absolute atomic E-state index is 0. The van der Waals surface area contributed by atoms with Gasteiger partial charge in [0.05, 0.1) is 17.3 Å². The van der Waals surface area contributed by atoms with Crippen molar-refractivity contribution in [1.29, 1.82) is 0 Å². The summed E-state index contributed by atoms with van der Waals surface area (Å²) in [5.41, 5.74) is 1.89. The molecule has 0 radical (unpaired) electrons. The highest BCUT2D eigenvalue weighted by Gasteiger charge is 2.31. The van der Waals surface area contributed by atoms with E-state index in [1.807, 2.05) is 31.6 Å². The number of anilines is 1. The highest BCUT2D eigenvalue weighted by atomic mass is 79.9. The molecule has 3 aromatic rings. The standard InChI is InChI=1S/C34H45BrFN5O3S.ClH/c1-32(2,3)22-14-15-37-28(16-22)27(13-12-21-19-34(7,8)38-20-21)39-29-10-9-11-30(40-29)45(43,44)41-31(42)23-17-25(35)24(18-26(23)36)33(4,5)6;/h9-11,14-18,21,27,38H,12-13,19-20H2,1-8H3,(H,39,40)(H,41,42);1H/t21-,27?;/m0./s1. The van der Waals surface area contributed by atoms with E-state index < -0.39 is 21.7 Å². The average molecular weight is 739 g/mol. The van der Waals surface area contributed by atoms with Gasteiger partial charge in [0.15, 0.2) is 5.03 Å². The van der Waals surface area contributed by atoms with Gasteiger partial charge < -0.3 is 10.6 Å². The lowest BCUT2D eigenvalue weighted by molar-refractivity contribution is 0.0977. The fraction of sp³-hybridized carbons (Fsp3) is 0.500. The van der Waals surface area contributed by atoms with Crippen molar-refractivity contribution in [2.75, 3.05) is 11.9 Å². The summed E-state index contributed by atoms with van der Waals surface area (Å²) < 4.78 is 44.0. The molecule has 0 spiro atoms. The lowest BCUT2D eigenvalue weighted by Gasteiger charge is -2.24. The van der Waals surface area contributed by atoms with Gasteiger partial charge in [-0.2, -0.15) is 8.42 Å². The van der Waals surface area contributed by atoms with Gasteiger partial charge in [-0.1, -0.05) is 63.5 Å². The van der Waals surface area contributed by atoms with E-state index in [0.717, 1.165) is 37.1 Å². The van der Waals surface area contributed by atoms with Crippen molar-refractivity contribution in [3.63, 3.8) is 0 Å². The number of carbonyl (C=O) groups is 1. The molecule has 46 heavy (non-hydrogen) atoms. The maximum absolute atomic E-state index is 15.0. The van der Waals surface area contributed by atoms with Gasteiger partial charge in [-0.25, -0.2) is 14.1 Å². The third-order valence-corrected chi connectivity index (χ3v) is 10.1. The minimum atomic E-state index is -4.42. The van der Waals surface area contributed by atoms with Gasteiger partial charge in [0.2, 0.25) is 0 Å². The predicted octanol–water partition coefficient (Wildman–Crippen LogP) is 7.84. The van der Waals surface area contributed by atoms with Crippen molar-refractivity contribution >= 4 is 50.1 Å². The Labute approximate surface area is 287 Å². The summed E-state index contributed by atoms with van der Waals surface area (Å²) in [6.07, 6.45) is 4.58. The van der Waals surface area contributed by atoms with Crippen molar-refractivity contribution in [3.8, 4) is 0 Å².